The average Bonchev–Trinajstić information content (AvgIpc) is 2.80. The van der Waals surface area contributed by atoms with Crippen LogP contribution >= 0.6 is 0 Å². The summed E-state index contributed by atoms with van der Waals surface area (Å²) < 4.78 is 45.8. The molecule has 8 heteroatoms. The normalized spacial score (nSPS) is 27.4. The number of hydrogen-bond acceptors (Lipinski definition) is 4. The molecule has 1 N–H and O–H groups in total. The molecule has 0 radical (unpaired) electrons. The number of carbonyl (C=O) groups is 1. The van der Waals surface area contributed by atoms with E-state index >= 15 is 0 Å². The van der Waals surface area contributed by atoms with E-state index in [9.17, 15) is 17.6 Å². The zero-order valence-corrected chi connectivity index (χ0v) is 14.4. The number of nitrogens with zero attached hydrogens (tertiary/aromatic N) is 1. The first-order chi connectivity index (χ1) is 11.3. The van der Waals surface area contributed by atoms with Gasteiger partial charge in [0.15, 0.2) is 0 Å². The van der Waals surface area contributed by atoms with Gasteiger partial charge in [0, 0.05) is 19.1 Å². The minimum Gasteiger partial charge on any atom is -0.371 e. The average molecular weight is 356 g/mol. The van der Waals surface area contributed by atoms with Crippen molar-refractivity contribution in [2.45, 2.75) is 43.4 Å². The Morgan fingerprint density at radius 2 is 2.12 bits per heavy atom. The summed E-state index contributed by atoms with van der Waals surface area (Å²) in [6.07, 6.45) is -0.279. The number of morpholine rings is 1. The minimum absolute atomic E-state index is 0.0186. The van der Waals surface area contributed by atoms with E-state index in [0.717, 1.165) is 6.07 Å². The first-order valence-corrected chi connectivity index (χ1v) is 9.43. The van der Waals surface area contributed by atoms with Gasteiger partial charge in [0.1, 0.15) is 5.82 Å². The second-order valence-corrected chi connectivity index (χ2v) is 8.52. The van der Waals surface area contributed by atoms with Crippen molar-refractivity contribution in [2.24, 2.45) is 5.92 Å². The van der Waals surface area contributed by atoms with Crippen LogP contribution < -0.4 is 5.32 Å². The van der Waals surface area contributed by atoms with E-state index in [1.54, 1.807) is 0 Å². The maximum Gasteiger partial charge on any atom is 0.243 e. The van der Waals surface area contributed by atoms with Gasteiger partial charge in [-0.3, -0.25) is 4.79 Å². The van der Waals surface area contributed by atoms with Crippen molar-refractivity contribution in [3.8, 4) is 0 Å². The number of ether oxygens (including phenoxy) is 1. The van der Waals surface area contributed by atoms with E-state index in [2.05, 4.69) is 5.32 Å². The van der Waals surface area contributed by atoms with Crippen molar-refractivity contribution < 1.29 is 22.3 Å². The number of nitrogens with one attached hydrogen (secondary N) is 1. The molecule has 3 rings (SSSR count). The first kappa shape index (κ1) is 17.3. The van der Waals surface area contributed by atoms with Crippen LogP contribution in [0, 0.1) is 11.7 Å². The van der Waals surface area contributed by atoms with Gasteiger partial charge < -0.3 is 10.1 Å². The Balaban J connectivity index is 1.78. The fourth-order valence-corrected chi connectivity index (χ4v) is 4.78. The fourth-order valence-electron chi connectivity index (χ4n) is 3.26. The maximum atomic E-state index is 13.4. The smallest absolute Gasteiger partial charge is 0.243 e. The summed E-state index contributed by atoms with van der Waals surface area (Å²) in [7, 11) is -3.80. The minimum atomic E-state index is -3.80. The third-order valence-electron chi connectivity index (χ3n) is 4.33. The van der Waals surface area contributed by atoms with Crippen LogP contribution in [0.4, 0.5) is 4.39 Å². The highest BCUT2D eigenvalue weighted by molar-refractivity contribution is 7.89. The van der Waals surface area contributed by atoms with Crippen molar-refractivity contribution in [1.82, 2.24) is 9.62 Å². The summed E-state index contributed by atoms with van der Waals surface area (Å²) in [5.41, 5.74) is 0. The highest BCUT2D eigenvalue weighted by atomic mass is 32.2. The highest BCUT2D eigenvalue weighted by Crippen LogP contribution is 2.34. The number of halogens is 1. The molecule has 6 nitrogen and oxygen atoms in total. The molecular formula is C16H21FN2O4S. The number of amides is 1. The summed E-state index contributed by atoms with van der Waals surface area (Å²) in [6, 6.07) is 4.98. The van der Waals surface area contributed by atoms with Gasteiger partial charge in [-0.1, -0.05) is 6.07 Å². The summed E-state index contributed by atoms with van der Waals surface area (Å²) in [4.78, 5) is 12.2. The molecule has 2 aliphatic rings. The molecule has 2 bridgehead atoms. The van der Waals surface area contributed by atoms with Crippen LogP contribution in [0.3, 0.4) is 0 Å². The van der Waals surface area contributed by atoms with Gasteiger partial charge in [0.05, 0.1) is 23.0 Å². The molecular weight excluding hydrogens is 335 g/mol. The van der Waals surface area contributed by atoms with Crippen LogP contribution in [0.1, 0.15) is 20.3 Å². The van der Waals surface area contributed by atoms with E-state index in [1.807, 2.05) is 13.8 Å². The standard InChI is InChI=1S/C16H21FN2O4S/c1-10(2)18-16(20)14-7-12-8-19(9-15(14)23-12)24(21,22)13-5-3-4-11(17)6-13/h3-6,10,12,14-15H,7-9H2,1-2H3,(H,18,20)/t12-,14-,15+/m0/s1. The number of carbonyl (C=O) groups excluding carboxylic acids is 1. The van der Waals surface area contributed by atoms with Crippen molar-refractivity contribution in [2.75, 3.05) is 13.1 Å². The third kappa shape index (κ3) is 3.31. The van der Waals surface area contributed by atoms with Crippen LogP contribution in [0.25, 0.3) is 0 Å². The summed E-state index contributed by atoms with van der Waals surface area (Å²) in [6.45, 7) is 4.04. The largest absolute Gasteiger partial charge is 0.371 e. The predicted molar refractivity (Wildman–Crippen MR) is 85.2 cm³/mol. The molecule has 0 saturated carbocycles. The van der Waals surface area contributed by atoms with Crippen molar-refractivity contribution in [3.05, 3.63) is 30.1 Å². The SMILES string of the molecule is CC(C)NC(=O)[C@H]1C[C@H]2CN(S(=O)(=O)c3cccc(F)c3)C[C@H]1O2. The molecule has 3 atom stereocenters. The van der Waals surface area contributed by atoms with Crippen molar-refractivity contribution in [1.29, 1.82) is 0 Å². The van der Waals surface area contributed by atoms with Crippen LogP contribution in [0.15, 0.2) is 29.2 Å². The first-order valence-electron chi connectivity index (χ1n) is 7.99. The highest BCUT2D eigenvalue weighted by Gasteiger charge is 2.47. The van der Waals surface area contributed by atoms with Gasteiger partial charge >= 0.3 is 0 Å². The molecule has 1 amide bonds. The van der Waals surface area contributed by atoms with Gasteiger partial charge in [-0.25, -0.2) is 12.8 Å². The van der Waals surface area contributed by atoms with Crippen LogP contribution in [0.5, 0.6) is 0 Å². The molecule has 1 aromatic carbocycles. The second kappa shape index (κ2) is 6.42. The second-order valence-electron chi connectivity index (χ2n) is 6.58. The Hall–Kier alpha value is -1.51. The number of fused-ring (bicyclic) bond motifs is 2. The van der Waals surface area contributed by atoms with E-state index in [4.69, 9.17) is 4.74 Å². The van der Waals surface area contributed by atoms with Gasteiger partial charge in [0.25, 0.3) is 0 Å². The molecule has 0 aliphatic carbocycles. The van der Waals surface area contributed by atoms with Crippen molar-refractivity contribution >= 4 is 15.9 Å². The lowest BCUT2D eigenvalue weighted by atomic mass is 9.99. The molecule has 132 valence electrons. The van der Waals surface area contributed by atoms with Crippen molar-refractivity contribution in [3.63, 3.8) is 0 Å². The lowest BCUT2D eigenvalue weighted by molar-refractivity contribution is -0.127. The van der Waals surface area contributed by atoms with Gasteiger partial charge in [-0.2, -0.15) is 4.31 Å². The molecule has 0 aromatic heterocycles. The number of sulfonamides is 1. The molecule has 2 saturated heterocycles. The van der Waals surface area contributed by atoms with Crippen LogP contribution in [-0.4, -0.2) is 50.0 Å². The molecule has 0 spiro atoms. The van der Waals surface area contributed by atoms with Crippen LogP contribution in [0.2, 0.25) is 0 Å². The Morgan fingerprint density at radius 3 is 2.79 bits per heavy atom. The topological polar surface area (TPSA) is 75.7 Å². The molecule has 0 unspecified atom stereocenters. The maximum absolute atomic E-state index is 13.4. The monoisotopic (exact) mass is 356 g/mol. The number of rotatable bonds is 4. The van der Waals surface area contributed by atoms with E-state index in [-0.39, 0.29) is 42.0 Å². The van der Waals surface area contributed by atoms with E-state index < -0.39 is 21.9 Å². The van der Waals surface area contributed by atoms with Crippen LogP contribution in [-0.2, 0) is 19.6 Å². The van der Waals surface area contributed by atoms with E-state index in [1.165, 1.54) is 22.5 Å². The lowest BCUT2D eigenvalue weighted by Crippen LogP contribution is -2.48. The summed E-state index contributed by atoms with van der Waals surface area (Å²) in [5.74, 6) is -1.06. The summed E-state index contributed by atoms with van der Waals surface area (Å²) in [5, 5.41) is 2.85. The third-order valence-corrected chi connectivity index (χ3v) is 6.15. The lowest BCUT2D eigenvalue weighted by Gasteiger charge is -2.32. The molecule has 2 heterocycles. The number of benzene rings is 1. The predicted octanol–water partition coefficient (Wildman–Crippen LogP) is 1.13. The fraction of sp³-hybridized carbons (Fsp3) is 0.562. The summed E-state index contributed by atoms with van der Waals surface area (Å²) >= 11 is 0. The van der Waals surface area contributed by atoms with Gasteiger partial charge in [-0.15, -0.1) is 0 Å². The molecule has 24 heavy (non-hydrogen) atoms. The number of hydrogen-bond donors (Lipinski definition) is 1. The molecule has 2 aliphatic heterocycles. The Kier molecular flexibility index (Phi) is 4.63. The molecule has 1 aromatic rings. The van der Waals surface area contributed by atoms with E-state index in [0.29, 0.717) is 6.42 Å². The molecule has 2 fully saturated rings. The van der Waals surface area contributed by atoms with Gasteiger partial charge in [-0.05, 0) is 38.5 Å². The Labute approximate surface area is 141 Å². The quantitative estimate of drug-likeness (QED) is 0.877. The van der Waals surface area contributed by atoms with Gasteiger partial charge in [0.2, 0.25) is 15.9 Å². The zero-order valence-electron chi connectivity index (χ0n) is 13.6. The Morgan fingerprint density at radius 1 is 1.38 bits per heavy atom. The zero-order chi connectivity index (χ0) is 17.5. The Bertz CT molecular complexity index is 737.